The summed E-state index contributed by atoms with van der Waals surface area (Å²) in [6.45, 7) is 5.46. The van der Waals surface area contributed by atoms with Gasteiger partial charge >= 0.3 is 5.69 Å². The van der Waals surface area contributed by atoms with E-state index in [4.69, 9.17) is 4.74 Å². The van der Waals surface area contributed by atoms with Gasteiger partial charge in [0.1, 0.15) is 9.04 Å². The predicted octanol–water partition coefficient (Wildman–Crippen LogP) is 2.30. The molecule has 3 aromatic rings. The molecule has 1 atom stereocenters. The Hall–Kier alpha value is -1.86. The smallest absolute Gasteiger partial charge is 0.332 e. The van der Waals surface area contributed by atoms with E-state index in [1.54, 1.807) is 10.8 Å². The highest BCUT2D eigenvalue weighted by molar-refractivity contribution is 7.91. The normalized spacial score (nSPS) is 20.4. The first-order chi connectivity index (χ1) is 15.7. The van der Waals surface area contributed by atoms with Gasteiger partial charge in [0.05, 0.1) is 23.5 Å². The number of aromatic nitrogens is 3. The van der Waals surface area contributed by atoms with Crippen LogP contribution in [-0.4, -0.2) is 41.3 Å². The van der Waals surface area contributed by atoms with Gasteiger partial charge in [-0.25, -0.2) is 22.9 Å². The molecule has 3 aromatic heterocycles. The predicted molar refractivity (Wildman–Crippen MR) is 128 cm³/mol. The molecule has 1 saturated heterocycles. The fourth-order valence-electron chi connectivity index (χ4n) is 4.12. The van der Waals surface area contributed by atoms with Crippen molar-refractivity contribution in [1.29, 1.82) is 0 Å². The molecule has 2 aliphatic rings. The minimum absolute atomic E-state index is 0.0575. The zero-order valence-electron chi connectivity index (χ0n) is 18.5. The highest BCUT2D eigenvalue weighted by Crippen LogP contribution is 2.37. The SMILES string of the molecule is Cc1ncc(Cn2c(=O)c3cc(S(=O)(=O)NC4(C)CC4)sc3n(CC3CCCOC3)c2=O)s1. The Kier molecular flexibility index (Phi) is 5.84. The number of aryl methyl sites for hydroxylation is 1. The summed E-state index contributed by atoms with van der Waals surface area (Å²) in [6, 6.07) is 1.41. The molecule has 4 heterocycles. The highest BCUT2D eigenvalue weighted by Gasteiger charge is 2.42. The molecular formula is C21H26N4O5S3. The van der Waals surface area contributed by atoms with E-state index in [-0.39, 0.29) is 22.1 Å². The highest BCUT2D eigenvalue weighted by atomic mass is 32.2. The molecule has 1 unspecified atom stereocenters. The summed E-state index contributed by atoms with van der Waals surface area (Å²) in [4.78, 5) is 32.3. The molecule has 1 aliphatic heterocycles. The molecule has 0 aromatic carbocycles. The summed E-state index contributed by atoms with van der Waals surface area (Å²) in [7, 11) is -3.79. The first-order valence-electron chi connectivity index (χ1n) is 11.0. The molecule has 9 nitrogen and oxygen atoms in total. The van der Waals surface area contributed by atoms with Crippen molar-refractivity contribution in [3.8, 4) is 0 Å². The van der Waals surface area contributed by atoms with E-state index in [1.807, 2.05) is 13.8 Å². The third-order valence-electron chi connectivity index (χ3n) is 6.20. The first kappa shape index (κ1) is 22.9. The fraction of sp³-hybridized carbons (Fsp3) is 0.571. The van der Waals surface area contributed by atoms with Crippen molar-refractivity contribution in [1.82, 2.24) is 18.8 Å². The van der Waals surface area contributed by atoms with E-state index in [9.17, 15) is 18.0 Å². The second kappa shape index (κ2) is 8.42. The molecule has 0 spiro atoms. The van der Waals surface area contributed by atoms with Gasteiger partial charge in [-0.3, -0.25) is 13.9 Å². The standard InChI is InChI=1S/C21H26N4O5S3/c1-13-22-9-15(31-13)11-24-18(26)16-8-17(33(28,29)23-21(2)5-6-21)32-19(16)25(20(24)27)10-14-4-3-7-30-12-14/h8-9,14,23H,3-7,10-12H2,1-2H3. The summed E-state index contributed by atoms with van der Waals surface area (Å²) in [5.74, 6) is 0.127. The van der Waals surface area contributed by atoms with E-state index in [1.165, 1.54) is 22.0 Å². The Labute approximate surface area is 199 Å². The van der Waals surface area contributed by atoms with E-state index >= 15 is 0 Å². The Bertz CT molecular complexity index is 1420. The number of thiophene rings is 1. The Morgan fingerprint density at radius 3 is 2.70 bits per heavy atom. The molecule has 178 valence electrons. The number of hydrogen-bond acceptors (Lipinski definition) is 8. The van der Waals surface area contributed by atoms with Crippen LogP contribution in [0.4, 0.5) is 0 Å². The lowest BCUT2D eigenvalue weighted by Crippen LogP contribution is -2.41. The second-order valence-corrected chi connectivity index (χ2v) is 13.4. The lowest BCUT2D eigenvalue weighted by molar-refractivity contribution is 0.0482. The Balaban J connectivity index is 1.64. The maximum absolute atomic E-state index is 13.5. The zero-order valence-corrected chi connectivity index (χ0v) is 20.9. The number of nitrogens with zero attached hydrogens (tertiary/aromatic N) is 3. The van der Waals surface area contributed by atoms with Crippen molar-refractivity contribution in [3.05, 3.63) is 43.0 Å². The van der Waals surface area contributed by atoms with Gasteiger partial charge in [0, 0.05) is 35.7 Å². The maximum atomic E-state index is 13.5. The fourth-order valence-corrected chi connectivity index (χ4v) is 7.82. The Morgan fingerprint density at radius 2 is 2.06 bits per heavy atom. The van der Waals surface area contributed by atoms with Crippen LogP contribution in [0.3, 0.4) is 0 Å². The number of fused-ring (bicyclic) bond motifs is 1. The van der Waals surface area contributed by atoms with Gasteiger partial charge in [-0.1, -0.05) is 0 Å². The number of ether oxygens (including phenoxy) is 1. The van der Waals surface area contributed by atoms with Crippen molar-refractivity contribution in [2.24, 2.45) is 5.92 Å². The lowest BCUT2D eigenvalue weighted by atomic mass is 10.0. The number of nitrogens with one attached hydrogen (secondary N) is 1. The molecule has 5 rings (SSSR count). The average molecular weight is 511 g/mol. The van der Waals surface area contributed by atoms with Crippen LogP contribution in [0.15, 0.2) is 26.1 Å². The van der Waals surface area contributed by atoms with E-state index in [0.29, 0.717) is 24.6 Å². The number of hydrogen-bond donors (Lipinski definition) is 1. The van der Waals surface area contributed by atoms with Crippen molar-refractivity contribution >= 4 is 42.9 Å². The van der Waals surface area contributed by atoms with Gasteiger partial charge in [-0.05, 0) is 45.6 Å². The summed E-state index contributed by atoms with van der Waals surface area (Å²) in [6.07, 6.45) is 5.06. The first-order valence-corrected chi connectivity index (χ1v) is 14.1. The van der Waals surface area contributed by atoms with Crippen LogP contribution in [0.1, 0.15) is 42.5 Å². The van der Waals surface area contributed by atoms with Crippen molar-refractivity contribution in [2.45, 2.75) is 62.4 Å². The van der Waals surface area contributed by atoms with Gasteiger partial charge in [-0.15, -0.1) is 22.7 Å². The lowest BCUT2D eigenvalue weighted by Gasteiger charge is -2.23. The largest absolute Gasteiger partial charge is 0.381 e. The van der Waals surface area contributed by atoms with Crippen molar-refractivity contribution in [2.75, 3.05) is 13.2 Å². The number of sulfonamides is 1. The molecule has 0 amide bonds. The molecule has 33 heavy (non-hydrogen) atoms. The second-order valence-electron chi connectivity index (χ2n) is 9.16. The minimum Gasteiger partial charge on any atom is -0.381 e. The van der Waals surface area contributed by atoms with Crippen LogP contribution < -0.4 is 16.0 Å². The van der Waals surface area contributed by atoms with Crippen molar-refractivity contribution in [3.63, 3.8) is 0 Å². The van der Waals surface area contributed by atoms with Crippen LogP contribution in [0, 0.1) is 12.8 Å². The molecule has 0 bridgehead atoms. The van der Waals surface area contributed by atoms with Gasteiger partial charge in [0.25, 0.3) is 15.6 Å². The minimum atomic E-state index is -3.79. The molecule has 12 heteroatoms. The summed E-state index contributed by atoms with van der Waals surface area (Å²) in [5.41, 5.74) is -1.34. The van der Waals surface area contributed by atoms with Gasteiger partial charge < -0.3 is 4.74 Å². The Morgan fingerprint density at radius 1 is 1.27 bits per heavy atom. The van der Waals surface area contributed by atoms with Crippen LogP contribution in [-0.2, 0) is 27.8 Å². The number of rotatable bonds is 7. The van der Waals surface area contributed by atoms with Crippen LogP contribution in [0.5, 0.6) is 0 Å². The molecule has 1 N–H and O–H groups in total. The summed E-state index contributed by atoms with van der Waals surface area (Å²) < 4.78 is 37.2. The zero-order chi connectivity index (χ0) is 23.4. The average Bonchev–Trinajstić information content (AvgIpc) is 3.15. The molecule has 1 saturated carbocycles. The van der Waals surface area contributed by atoms with Crippen LogP contribution in [0.25, 0.3) is 10.2 Å². The van der Waals surface area contributed by atoms with E-state index < -0.39 is 26.8 Å². The quantitative estimate of drug-likeness (QED) is 0.522. The van der Waals surface area contributed by atoms with Crippen LogP contribution >= 0.6 is 22.7 Å². The van der Waals surface area contributed by atoms with E-state index in [2.05, 4.69) is 9.71 Å². The molecular weight excluding hydrogens is 484 g/mol. The molecule has 1 aliphatic carbocycles. The van der Waals surface area contributed by atoms with Gasteiger partial charge in [0.2, 0.25) is 0 Å². The summed E-state index contributed by atoms with van der Waals surface area (Å²) >= 11 is 2.41. The topological polar surface area (TPSA) is 112 Å². The monoisotopic (exact) mass is 510 g/mol. The molecule has 2 fully saturated rings. The molecule has 0 radical (unpaired) electrons. The maximum Gasteiger partial charge on any atom is 0.332 e. The van der Waals surface area contributed by atoms with Gasteiger partial charge in [-0.2, -0.15) is 0 Å². The van der Waals surface area contributed by atoms with Crippen LogP contribution in [0.2, 0.25) is 0 Å². The number of thiazole rings is 1. The summed E-state index contributed by atoms with van der Waals surface area (Å²) in [5, 5.41) is 1.10. The third-order valence-corrected chi connectivity index (χ3v) is 10.4. The third kappa shape index (κ3) is 4.59. The van der Waals surface area contributed by atoms with Crippen molar-refractivity contribution < 1.29 is 13.2 Å². The van der Waals surface area contributed by atoms with E-state index in [0.717, 1.165) is 46.9 Å². The van der Waals surface area contributed by atoms with Gasteiger partial charge in [0.15, 0.2) is 0 Å².